The lowest BCUT2D eigenvalue weighted by Gasteiger charge is -2.34. The van der Waals surface area contributed by atoms with Gasteiger partial charge in [0.1, 0.15) is 11.7 Å². The number of aryl methyl sites for hydroxylation is 2. The highest BCUT2D eigenvalue weighted by Gasteiger charge is 2.35. The summed E-state index contributed by atoms with van der Waals surface area (Å²) >= 11 is 0. The quantitative estimate of drug-likeness (QED) is 0.893. The van der Waals surface area contributed by atoms with Crippen LogP contribution in [0.2, 0.25) is 0 Å². The molecule has 0 bridgehead atoms. The average Bonchev–Trinajstić information content (AvgIpc) is 2.83. The summed E-state index contributed by atoms with van der Waals surface area (Å²) in [4.78, 5) is 28.9. The van der Waals surface area contributed by atoms with Crippen LogP contribution in [0.25, 0.3) is 0 Å². The number of aromatic nitrogens is 1. The van der Waals surface area contributed by atoms with Crippen molar-refractivity contribution < 1.29 is 14.7 Å². The zero-order chi connectivity index (χ0) is 15.9. The fourth-order valence-corrected chi connectivity index (χ4v) is 3.05. The van der Waals surface area contributed by atoms with Crippen LogP contribution in [0.5, 0.6) is 0 Å². The van der Waals surface area contributed by atoms with Crippen LogP contribution in [0.4, 0.5) is 0 Å². The number of carbonyl (C=O) groups is 2. The third kappa shape index (κ3) is 2.39. The zero-order valence-electron chi connectivity index (χ0n) is 12.6. The molecule has 2 aromatic rings. The van der Waals surface area contributed by atoms with E-state index in [1.54, 1.807) is 0 Å². The molecule has 2 heterocycles. The Morgan fingerprint density at radius 1 is 1.23 bits per heavy atom. The maximum Gasteiger partial charge on any atom is 0.326 e. The standard InChI is InChI=1S/C17H18N2O3/c1-10-7-11(2)18-15(10)16(20)19-9-13-6-4-3-5-12(13)8-14(19)17(21)22/h3-7,14,18H,8-9H2,1-2H3,(H,21,22)/t14-/m0/s1. The number of hydrogen-bond donors (Lipinski definition) is 2. The van der Waals surface area contributed by atoms with Crippen LogP contribution in [0, 0.1) is 13.8 Å². The number of hydrogen-bond acceptors (Lipinski definition) is 2. The molecule has 2 N–H and O–H groups in total. The van der Waals surface area contributed by atoms with Gasteiger partial charge >= 0.3 is 5.97 Å². The van der Waals surface area contributed by atoms with Gasteiger partial charge in [-0.1, -0.05) is 24.3 Å². The van der Waals surface area contributed by atoms with Crippen molar-refractivity contribution in [1.82, 2.24) is 9.88 Å². The third-order valence-corrected chi connectivity index (χ3v) is 4.16. The van der Waals surface area contributed by atoms with Crippen LogP contribution in [0.3, 0.4) is 0 Å². The van der Waals surface area contributed by atoms with E-state index in [1.807, 2.05) is 44.2 Å². The number of carboxylic acid groups (broad SMARTS) is 1. The van der Waals surface area contributed by atoms with Crippen LogP contribution < -0.4 is 0 Å². The summed E-state index contributed by atoms with van der Waals surface area (Å²) in [7, 11) is 0. The van der Waals surface area contributed by atoms with Gasteiger partial charge in [0, 0.05) is 18.7 Å². The van der Waals surface area contributed by atoms with Gasteiger partial charge in [-0.2, -0.15) is 0 Å². The summed E-state index contributed by atoms with van der Waals surface area (Å²) in [6, 6.07) is 8.74. The summed E-state index contributed by atoms with van der Waals surface area (Å²) in [5.74, 6) is -1.23. The van der Waals surface area contributed by atoms with Gasteiger partial charge in [-0.05, 0) is 36.6 Å². The molecule has 114 valence electrons. The molecule has 1 amide bonds. The fraction of sp³-hybridized carbons (Fsp3) is 0.294. The summed E-state index contributed by atoms with van der Waals surface area (Å²) in [5.41, 5.74) is 4.21. The van der Waals surface area contributed by atoms with Gasteiger partial charge in [0.2, 0.25) is 0 Å². The molecule has 0 saturated carbocycles. The van der Waals surface area contributed by atoms with E-state index in [9.17, 15) is 14.7 Å². The van der Waals surface area contributed by atoms with E-state index in [1.165, 1.54) is 4.90 Å². The number of amides is 1. The SMILES string of the molecule is Cc1cc(C)c(C(=O)N2Cc3ccccc3C[C@H]2C(=O)O)[nH]1. The molecule has 5 nitrogen and oxygen atoms in total. The number of fused-ring (bicyclic) bond motifs is 1. The first-order valence-corrected chi connectivity index (χ1v) is 7.24. The number of aliphatic carboxylic acids is 1. The highest BCUT2D eigenvalue weighted by atomic mass is 16.4. The van der Waals surface area contributed by atoms with Crippen molar-refractivity contribution in [3.8, 4) is 0 Å². The van der Waals surface area contributed by atoms with Crippen molar-refractivity contribution in [2.45, 2.75) is 32.9 Å². The Kier molecular flexibility index (Phi) is 3.48. The van der Waals surface area contributed by atoms with E-state index >= 15 is 0 Å². The summed E-state index contributed by atoms with van der Waals surface area (Å²) in [6.45, 7) is 4.05. The lowest BCUT2D eigenvalue weighted by Crippen LogP contribution is -2.48. The molecule has 3 rings (SSSR count). The molecule has 1 aromatic heterocycles. The van der Waals surface area contributed by atoms with E-state index in [-0.39, 0.29) is 5.91 Å². The van der Waals surface area contributed by atoms with E-state index in [0.29, 0.717) is 18.7 Å². The number of nitrogens with zero attached hydrogens (tertiary/aromatic N) is 1. The topological polar surface area (TPSA) is 73.4 Å². The van der Waals surface area contributed by atoms with Crippen molar-refractivity contribution in [1.29, 1.82) is 0 Å². The number of nitrogens with one attached hydrogen (secondary N) is 1. The molecule has 5 heteroatoms. The van der Waals surface area contributed by atoms with Gasteiger partial charge in [0.25, 0.3) is 5.91 Å². The maximum absolute atomic E-state index is 12.8. The Labute approximate surface area is 128 Å². The second kappa shape index (κ2) is 5.33. The molecule has 0 fully saturated rings. The summed E-state index contributed by atoms with van der Waals surface area (Å²) < 4.78 is 0. The Hall–Kier alpha value is -2.56. The Morgan fingerprint density at radius 2 is 1.91 bits per heavy atom. The summed E-state index contributed by atoms with van der Waals surface area (Å²) in [6.07, 6.45) is 0.343. The first kappa shape index (κ1) is 14.4. The molecule has 1 aromatic carbocycles. The van der Waals surface area contributed by atoms with Gasteiger partial charge in [-0.25, -0.2) is 4.79 Å². The number of H-pyrrole nitrogens is 1. The van der Waals surface area contributed by atoms with Gasteiger partial charge < -0.3 is 15.0 Å². The number of aromatic amines is 1. The fourth-order valence-electron chi connectivity index (χ4n) is 3.05. The molecule has 0 aliphatic carbocycles. The predicted molar refractivity (Wildman–Crippen MR) is 81.7 cm³/mol. The highest BCUT2D eigenvalue weighted by molar-refractivity contribution is 5.96. The first-order valence-electron chi connectivity index (χ1n) is 7.24. The van der Waals surface area contributed by atoms with E-state index in [2.05, 4.69) is 4.98 Å². The largest absolute Gasteiger partial charge is 0.480 e. The smallest absolute Gasteiger partial charge is 0.326 e. The molecule has 1 atom stereocenters. The molecule has 1 aliphatic rings. The molecule has 0 saturated heterocycles. The van der Waals surface area contributed by atoms with Crippen LogP contribution >= 0.6 is 0 Å². The lowest BCUT2D eigenvalue weighted by molar-refractivity contribution is -0.142. The molecule has 1 aliphatic heterocycles. The van der Waals surface area contributed by atoms with Gasteiger partial charge in [-0.3, -0.25) is 4.79 Å². The maximum atomic E-state index is 12.8. The molecular weight excluding hydrogens is 280 g/mol. The number of benzene rings is 1. The zero-order valence-corrected chi connectivity index (χ0v) is 12.6. The average molecular weight is 298 g/mol. The van der Waals surface area contributed by atoms with E-state index < -0.39 is 12.0 Å². The van der Waals surface area contributed by atoms with Gasteiger partial charge in [-0.15, -0.1) is 0 Å². The Balaban J connectivity index is 1.99. The lowest BCUT2D eigenvalue weighted by atomic mass is 9.93. The Morgan fingerprint density at radius 3 is 2.50 bits per heavy atom. The Bertz CT molecular complexity index is 748. The monoisotopic (exact) mass is 298 g/mol. The molecule has 22 heavy (non-hydrogen) atoms. The third-order valence-electron chi connectivity index (χ3n) is 4.16. The van der Waals surface area contributed by atoms with Crippen LogP contribution in [0.15, 0.2) is 30.3 Å². The normalized spacial score (nSPS) is 17.2. The van der Waals surface area contributed by atoms with Crippen molar-refractivity contribution >= 4 is 11.9 Å². The predicted octanol–water partition coefficient (Wildman–Crippen LogP) is 2.28. The second-order valence-electron chi connectivity index (χ2n) is 5.77. The van der Waals surface area contributed by atoms with Crippen molar-refractivity contribution in [3.63, 3.8) is 0 Å². The minimum Gasteiger partial charge on any atom is -0.480 e. The first-order chi connectivity index (χ1) is 10.5. The molecule has 0 radical (unpaired) electrons. The number of rotatable bonds is 2. The molecule has 0 unspecified atom stereocenters. The number of carbonyl (C=O) groups excluding carboxylic acids is 1. The minimum absolute atomic E-state index is 0.257. The van der Waals surface area contributed by atoms with Crippen molar-refractivity contribution in [2.24, 2.45) is 0 Å². The second-order valence-corrected chi connectivity index (χ2v) is 5.77. The molecular formula is C17H18N2O3. The highest BCUT2D eigenvalue weighted by Crippen LogP contribution is 2.25. The van der Waals surface area contributed by atoms with Gasteiger partial charge in [0.15, 0.2) is 0 Å². The number of carboxylic acids is 1. The minimum atomic E-state index is -0.969. The van der Waals surface area contributed by atoms with Crippen LogP contribution in [-0.4, -0.2) is 32.9 Å². The van der Waals surface area contributed by atoms with E-state index in [4.69, 9.17) is 0 Å². The van der Waals surface area contributed by atoms with Crippen LogP contribution in [-0.2, 0) is 17.8 Å². The van der Waals surface area contributed by atoms with Crippen LogP contribution in [0.1, 0.15) is 32.9 Å². The van der Waals surface area contributed by atoms with Gasteiger partial charge in [0.05, 0.1) is 0 Å². The summed E-state index contributed by atoms with van der Waals surface area (Å²) in [5, 5.41) is 9.50. The van der Waals surface area contributed by atoms with Crippen molar-refractivity contribution in [3.05, 3.63) is 58.4 Å². The molecule has 0 spiro atoms. The van der Waals surface area contributed by atoms with Crippen molar-refractivity contribution in [2.75, 3.05) is 0 Å². The van der Waals surface area contributed by atoms with E-state index in [0.717, 1.165) is 22.4 Å².